The molecule has 0 aliphatic heterocycles. The number of carbonyl (C=O) groups excluding carboxylic acids is 1. The quantitative estimate of drug-likeness (QED) is 0.730. The minimum absolute atomic E-state index is 0.0891. The van der Waals surface area contributed by atoms with Gasteiger partial charge in [-0.1, -0.05) is 18.2 Å². The Hall–Kier alpha value is -1.55. The van der Waals surface area contributed by atoms with Crippen LogP contribution in [-0.2, 0) is 0 Å². The van der Waals surface area contributed by atoms with Crippen molar-refractivity contribution < 1.29 is 9.53 Å². The van der Waals surface area contributed by atoms with E-state index < -0.39 is 6.09 Å². The van der Waals surface area contributed by atoms with E-state index in [-0.39, 0.29) is 12.1 Å². The van der Waals surface area contributed by atoms with Gasteiger partial charge in [0.2, 0.25) is 0 Å². The molecule has 0 heterocycles. The van der Waals surface area contributed by atoms with Gasteiger partial charge in [0, 0.05) is 12.1 Å². The Kier molecular flexibility index (Phi) is 2.37. The molecule has 4 nitrogen and oxygen atoms in total. The van der Waals surface area contributed by atoms with Crippen LogP contribution in [0, 0.1) is 0 Å². The van der Waals surface area contributed by atoms with Crippen molar-refractivity contribution >= 4 is 6.09 Å². The monoisotopic (exact) mass is 192 g/mol. The van der Waals surface area contributed by atoms with Crippen molar-refractivity contribution in [1.82, 2.24) is 5.32 Å². The summed E-state index contributed by atoms with van der Waals surface area (Å²) in [6.45, 7) is 0. The van der Waals surface area contributed by atoms with E-state index in [1.807, 2.05) is 18.2 Å². The SMILES string of the molecule is NC1CC1NC(=O)Oc1ccccc1. The average molecular weight is 192 g/mol. The molecular formula is C10H12N2O2. The van der Waals surface area contributed by atoms with Crippen molar-refractivity contribution in [2.24, 2.45) is 5.73 Å². The van der Waals surface area contributed by atoms with Crippen molar-refractivity contribution in [1.29, 1.82) is 0 Å². The largest absolute Gasteiger partial charge is 0.412 e. The van der Waals surface area contributed by atoms with Gasteiger partial charge in [-0.3, -0.25) is 0 Å². The van der Waals surface area contributed by atoms with E-state index in [4.69, 9.17) is 10.5 Å². The van der Waals surface area contributed by atoms with Crippen LogP contribution in [0.25, 0.3) is 0 Å². The zero-order valence-corrected chi connectivity index (χ0v) is 7.64. The summed E-state index contributed by atoms with van der Waals surface area (Å²) < 4.78 is 5.01. The number of hydrogen-bond acceptors (Lipinski definition) is 3. The van der Waals surface area contributed by atoms with Gasteiger partial charge in [0.05, 0.1) is 0 Å². The predicted octanol–water partition coefficient (Wildman–Crippen LogP) is 0.875. The molecule has 0 bridgehead atoms. The zero-order valence-electron chi connectivity index (χ0n) is 7.64. The van der Waals surface area contributed by atoms with Crippen LogP contribution < -0.4 is 15.8 Å². The van der Waals surface area contributed by atoms with E-state index in [1.165, 1.54) is 0 Å². The van der Waals surface area contributed by atoms with Gasteiger partial charge in [-0.05, 0) is 18.6 Å². The summed E-state index contributed by atoms with van der Waals surface area (Å²) in [5, 5.41) is 2.67. The summed E-state index contributed by atoms with van der Waals surface area (Å²) in [4.78, 5) is 11.2. The molecular weight excluding hydrogens is 180 g/mol. The van der Waals surface area contributed by atoms with Gasteiger partial charge in [0.1, 0.15) is 5.75 Å². The van der Waals surface area contributed by atoms with Gasteiger partial charge < -0.3 is 15.8 Å². The second-order valence-corrected chi connectivity index (χ2v) is 3.35. The maximum Gasteiger partial charge on any atom is 0.412 e. The molecule has 1 fully saturated rings. The lowest BCUT2D eigenvalue weighted by Crippen LogP contribution is -2.32. The zero-order chi connectivity index (χ0) is 9.97. The highest BCUT2D eigenvalue weighted by atomic mass is 16.6. The van der Waals surface area contributed by atoms with Crippen LogP contribution in [0.2, 0.25) is 0 Å². The van der Waals surface area contributed by atoms with Crippen molar-refractivity contribution in [3.05, 3.63) is 30.3 Å². The summed E-state index contributed by atoms with van der Waals surface area (Å²) in [6.07, 6.45) is 0.401. The number of para-hydroxylation sites is 1. The summed E-state index contributed by atoms with van der Waals surface area (Å²) in [5.41, 5.74) is 5.54. The maximum absolute atomic E-state index is 11.2. The van der Waals surface area contributed by atoms with Crippen LogP contribution in [0.15, 0.2) is 30.3 Å². The fourth-order valence-electron chi connectivity index (χ4n) is 1.16. The van der Waals surface area contributed by atoms with Gasteiger partial charge >= 0.3 is 6.09 Å². The third-order valence-electron chi connectivity index (χ3n) is 2.10. The lowest BCUT2D eigenvalue weighted by atomic mass is 10.3. The standard InChI is InChI=1S/C10H12N2O2/c11-8-6-9(8)12-10(13)14-7-4-2-1-3-5-7/h1-5,8-9H,6,11H2,(H,12,13). The first kappa shape index (κ1) is 9.02. The minimum atomic E-state index is -0.436. The first-order chi connectivity index (χ1) is 6.75. The average Bonchev–Trinajstić information content (AvgIpc) is 2.83. The minimum Gasteiger partial charge on any atom is -0.410 e. The molecule has 14 heavy (non-hydrogen) atoms. The van der Waals surface area contributed by atoms with Gasteiger partial charge in [-0.25, -0.2) is 4.79 Å². The van der Waals surface area contributed by atoms with Crippen LogP contribution >= 0.6 is 0 Å². The van der Waals surface area contributed by atoms with E-state index in [0.717, 1.165) is 6.42 Å². The van der Waals surface area contributed by atoms with Crippen LogP contribution in [0.1, 0.15) is 6.42 Å². The maximum atomic E-state index is 11.2. The first-order valence-electron chi connectivity index (χ1n) is 4.54. The smallest absolute Gasteiger partial charge is 0.410 e. The molecule has 1 aromatic carbocycles. The second-order valence-electron chi connectivity index (χ2n) is 3.35. The number of hydrogen-bond donors (Lipinski definition) is 2. The van der Waals surface area contributed by atoms with E-state index in [9.17, 15) is 4.79 Å². The Morgan fingerprint density at radius 2 is 2.07 bits per heavy atom. The Morgan fingerprint density at radius 1 is 1.43 bits per heavy atom. The molecule has 4 heteroatoms. The third kappa shape index (κ3) is 2.23. The molecule has 3 N–H and O–H groups in total. The van der Waals surface area contributed by atoms with Crippen LogP contribution in [0.4, 0.5) is 4.79 Å². The molecule has 0 saturated heterocycles. The summed E-state index contributed by atoms with van der Waals surface area (Å²) in [5.74, 6) is 0.541. The summed E-state index contributed by atoms with van der Waals surface area (Å²) in [7, 11) is 0. The Bertz CT molecular complexity index is 326. The van der Waals surface area contributed by atoms with Crippen LogP contribution in [0.3, 0.4) is 0 Å². The van der Waals surface area contributed by atoms with E-state index in [0.29, 0.717) is 5.75 Å². The molecule has 0 spiro atoms. The molecule has 1 aliphatic rings. The summed E-state index contributed by atoms with van der Waals surface area (Å²) in [6, 6.07) is 9.13. The highest BCUT2D eigenvalue weighted by molar-refractivity contribution is 5.71. The number of carbonyl (C=O) groups is 1. The number of nitrogens with one attached hydrogen (secondary N) is 1. The topological polar surface area (TPSA) is 64.3 Å². The Morgan fingerprint density at radius 3 is 2.64 bits per heavy atom. The van der Waals surface area contributed by atoms with Gasteiger partial charge in [-0.2, -0.15) is 0 Å². The lowest BCUT2D eigenvalue weighted by Gasteiger charge is -2.04. The van der Waals surface area contributed by atoms with Crippen molar-refractivity contribution in [2.75, 3.05) is 0 Å². The van der Waals surface area contributed by atoms with Crippen LogP contribution in [-0.4, -0.2) is 18.2 Å². The molecule has 74 valence electrons. The Balaban J connectivity index is 1.83. The predicted molar refractivity (Wildman–Crippen MR) is 52.0 cm³/mol. The number of benzene rings is 1. The Labute approximate surface area is 82.1 Å². The fourth-order valence-corrected chi connectivity index (χ4v) is 1.16. The van der Waals surface area contributed by atoms with E-state index in [2.05, 4.69) is 5.32 Å². The molecule has 1 aromatic rings. The molecule has 1 saturated carbocycles. The number of amides is 1. The number of rotatable bonds is 2. The molecule has 0 aromatic heterocycles. The van der Waals surface area contributed by atoms with Crippen molar-refractivity contribution in [3.63, 3.8) is 0 Å². The van der Waals surface area contributed by atoms with Crippen LogP contribution in [0.5, 0.6) is 5.75 Å². The van der Waals surface area contributed by atoms with Gasteiger partial charge in [0.25, 0.3) is 0 Å². The highest BCUT2D eigenvalue weighted by Crippen LogP contribution is 2.18. The number of ether oxygens (including phenoxy) is 1. The normalized spacial score (nSPS) is 24.1. The lowest BCUT2D eigenvalue weighted by molar-refractivity contribution is 0.200. The molecule has 2 unspecified atom stereocenters. The van der Waals surface area contributed by atoms with Gasteiger partial charge in [-0.15, -0.1) is 0 Å². The van der Waals surface area contributed by atoms with E-state index in [1.54, 1.807) is 12.1 Å². The second kappa shape index (κ2) is 3.67. The van der Waals surface area contributed by atoms with Gasteiger partial charge in [0.15, 0.2) is 0 Å². The third-order valence-corrected chi connectivity index (χ3v) is 2.10. The van der Waals surface area contributed by atoms with E-state index >= 15 is 0 Å². The van der Waals surface area contributed by atoms with Crippen molar-refractivity contribution in [3.8, 4) is 5.75 Å². The van der Waals surface area contributed by atoms with Crippen molar-refractivity contribution in [2.45, 2.75) is 18.5 Å². The molecule has 2 rings (SSSR count). The number of nitrogens with two attached hydrogens (primary N) is 1. The molecule has 2 atom stereocenters. The summed E-state index contributed by atoms with van der Waals surface area (Å²) >= 11 is 0. The molecule has 1 amide bonds. The molecule has 1 aliphatic carbocycles. The fraction of sp³-hybridized carbons (Fsp3) is 0.300. The highest BCUT2D eigenvalue weighted by Gasteiger charge is 2.35. The molecule has 0 radical (unpaired) electrons. The first-order valence-corrected chi connectivity index (χ1v) is 4.54.